The Balaban J connectivity index is 1.61. The third-order valence-electron chi connectivity index (χ3n) is 7.84. The molecular weight excluding hydrogens is 388 g/mol. The number of hydrogen-bond donors (Lipinski definition) is 0. The molecule has 5 atom stereocenters. The highest BCUT2D eigenvalue weighted by Gasteiger charge is 2.64. The van der Waals surface area contributed by atoms with E-state index in [2.05, 4.69) is 38.8 Å². The lowest BCUT2D eigenvalue weighted by Gasteiger charge is -2.52. The Morgan fingerprint density at radius 1 is 1.06 bits per heavy atom. The summed E-state index contributed by atoms with van der Waals surface area (Å²) < 4.78 is 0. The minimum absolute atomic E-state index is 0.0319. The number of aromatic nitrogens is 2. The molecule has 3 fully saturated rings. The Hall–Kier alpha value is -2.76. The molecule has 2 bridgehead atoms. The van der Waals surface area contributed by atoms with E-state index in [1.54, 1.807) is 19.3 Å². The van der Waals surface area contributed by atoms with Gasteiger partial charge in [-0.2, -0.15) is 0 Å². The Bertz CT molecular complexity index is 992. The molecule has 0 N–H and O–H groups in total. The van der Waals surface area contributed by atoms with Gasteiger partial charge in [0.2, 0.25) is 5.91 Å². The van der Waals surface area contributed by atoms with Crippen molar-refractivity contribution in [1.82, 2.24) is 19.8 Å². The van der Waals surface area contributed by atoms with Crippen LogP contribution in [0.4, 0.5) is 0 Å². The first kappa shape index (κ1) is 20.2. The highest BCUT2D eigenvalue weighted by atomic mass is 16.2. The minimum Gasteiger partial charge on any atom is -0.334 e. The average Bonchev–Trinajstić information content (AvgIpc) is 3.07. The number of piperidine rings is 1. The van der Waals surface area contributed by atoms with Crippen LogP contribution < -0.4 is 0 Å². The molecule has 1 saturated carbocycles. The largest absolute Gasteiger partial charge is 0.334 e. The van der Waals surface area contributed by atoms with Crippen molar-refractivity contribution in [2.45, 2.75) is 77.0 Å². The first-order valence-corrected chi connectivity index (χ1v) is 11.3. The second kappa shape index (κ2) is 7.43. The summed E-state index contributed by atoms with van der Waals surface area (Å²) in [6.45, 7) is 5.85. The fourth-order valence-corrected chi connectivity index (χ4v) is 6.56. The van der Waals surface area contributed by atoms with Crippen LogP contribution in [0.15, 0.2) is 42.7 Å². The summed E-state index contributed by atoms with van der Waals surface area (Å²) in [5.41, 5.74) is 2.30. The zero-order chi connectivity index (χ0) is 21.8. The third-order valence-corrected chi connectivity index (χ3v) is 7.84. The monoisotopic (exact) mass is 418 g/mol. The van der Waals surface area contributed by atoms with E-state index >= 15 is 0 Å². The Labute approximate surface area is 183 Å². The van der Waals surface area contributed by atoms with Gasteiger partial charge in [-0.15, -0.1) is 0 Å². The van der Waals surface area contributed by atoms with Gasteiger partial charge in [0.25, 0.3) is 5.91 Å². The molecule has 31 heavy (non-hydrogen) atoms. The van der Waals surface area contributed by atoms with Crippen LogP contribution in [0.1, 0.15) is 61.3 Å². The molecule has 1 aromatic heterocycles. The second-order valence-electron chi connectivity index (χ2n) is 9.68. The van der Waals surface area contributed by atoms with Crippen LogP contribution in [0.3, 0.4) is 0 Å². The smallest absolute Gasteiger partial charge is 0.274 e. The number of nitrogens with zero attached hydrogens (tertiary/aromatic N) is 4. The van der Waals surface area contributed by atoms with Gasteiger partial charge in [-0.1, -0.05) is 37.3 Å². The first-order valence-electron chi connectivity index (χ1n) is 11.3. The predicted molar refractivity (Wildman–Crippen MR) is 117 cm³/mol. The second-order valence-corrected chi connectivity index (χ2v) is 9.68. The van der Waals surface area contributed by atoms with Gasteiger partial charge in [0.05, 0.1) is 24.0 Å². The lowest BCUT2D eigenvalue weighted by Crippen LogP contribution is -2.62. The molecule has 3 aliphatic rings. The molecule has 1 aliphatic carbocycles. The van der Waals surface area contributed by atoms with Crippen LogP contribution >= 0.6 is 0 Å². The number of fused-ring (bicyclic) bond motifs is 1. The Morgan fingerprint density at radius 2 is 1.77 bits per heavy atom. The molecular formula is C25H30N4O2. The Kier molecular flexibility index (Phi) is 4.83. The fourth-order valence-electron chi connectivity index (χ4n) is 6.56. The van der Waals surface area contributed by atoms with Crippen molar-refractivity contribution >= 4 is 11.8 Å². The van der Waals surface area contributed by atoms with Crippen LogP contribution in [0.25, 0.3) is 0 Å². The number of hydrogen-bond acceptors (Lipinski definition) is 4. The van der Waals surface area contributed by atoms with Gasteiger partial charge in [0.1, 0.15) is 5.69 Å². The van der Waals surface area contributed by atoms with Gasteiger partial charge in [-0.3, -0.25) is 14.6 Å². The number of likely N-dealkylation sites (tertiary alicyclic amines) is 2. The van der Waals surface area contributed by atoms with E-state index in [9.17, 15) is 9.59 Å². The summed E-state index contributed by atoms with van der Waals surface area (Å²) in [4.78, 5) is 39.6. The third kappa shape index (κ3) is 3.15. The van der Waals surface area contributed by atoms with Crippen molar-refractivity contribution in [1.29, 1.82) is 0 Å². The Morgan fingerprint density at radius 3 is 2.42 bits per heavy atom. The molecule has 2 amide bonds. The number of aryl methyl sites for hydroxylation is 1. The van der Waals surface area contributed by atoms with E-state index < -0.39 is 0 Å². The zero-order valence-corrected chi connectivity index (χ0v) is 18.5. The van der Waals surface area contributed by atoms with Crippen molar-refractivity contribution in [3.63, 3.8) is 0 Å². The van der Waals surface area contributed by atoms with Crippen LogP contribution in [0.2, 0.25) is 0 Å². The van der Waals surface area contributed by atoms with Crippen molar-refractivity contribution in [2.24, 2.45) is 5.41 Å². The number of amides is 2. The van der Waals surface area contributed by atoms with Gasteiger partial charge in [-0.05, 0) is 44.6 Å². The topological polar surface area (TPSA) is 66.4 Å². The summed E-state index contributed by atoms with van der Waals surface area (Å²) >= 11 is 0. The molecule has 0 unspecified atom stereocenters. The van der Waals surface area contributed by atoms with Crippen LogP contribution in [-0.4, -0.2) is 55.7 Å². The quantitative estimate of drug-likeness (QED) is 0.766. The van der Waals surface area contributed by atoms with E-state index in [-0.39, 0.29) is 41.4 Å². The van der Waals surface area contributed by atoms with Crippen LogP contribution in [0, 0.1) is 12.3 Å². The van der Waals surface area contributed by atoms with Crippen LogP contribution in [-0.2, 0) is 11.2 Å². The predicted octanol–water partition coefficient (Wildman–Crippen LogP) is 3.40. The molecule has 2 saturated heterocycles. The van der Waals surface area contributed by atoms with Gasteiger partial charge < -0.3 is 9.80 Å². The van der Waals surface area contributed by atoms with E-state index in [0.717, 1.165) is 37.8 Å². The molecule has 1 aromatic carbocycles. The maximum Gasteiger partial charge on any atom is 0.274 e. The average molecular weight is 419 g/mol. The van der Waals surface area contributed by atoms with Crippen molar-refractivity contribution in [3.05, 3.63) is 59.7 Å². The van der Waals surface area contributed by atoms with E-state index in [1.807, 2.05) is 25.1 Å². The molecule has 2 aromatic rings. The standard InChI is InChI=1S/C25H30N4O2/c1-16-14-27-19(15-26-16)24(31)29-20(12-18-8-5-4-6-9-18)21-13-25(3)22(28(21)17(2)30)10-7-11-23(25)29/h4-6,8-9,14-15,20-23H,7,10-13H2,1-3H3/t20-,21-,22-,23+,25-/m0/s1. The number of carbonyl (C=O) groups excluding carboxylic acids is 2. The molecule has 2 aliphatic heterocycles. The van der Waals surface area contributed by atoms with Gasteiger partial charge in [0.15, 0.2) is 0 Å². The SMILES string of the molecule is CC(=O)N1[C@H]2CCC[C@H]3N(C(=O)c4cnc(C)cn4)[C@@H](Cc4ccccc4)[C@@H]1C[C@@]23C. The maximum absolute atomic E-state index is 13.9. The summed E-state index contributed by atoms with van der Waals surface area (Å²) in [5, 5.41) is 0. The van der Waals surface area contributed by atoms with Crippen molar-refractivity contribution in [3.8, 4) is 0 Å². The molecule has 6 nitrogen and oxygen atoms in total. The number of rotatable bonds is 3. The lowest BCUT2D eigenvalue weighted by atomic mass is 9.64. The zero-order valence-electron chi connectivity index (χ0n) is 18.5. The molecule has 0 spiro atoms. The minimum atomic E-state index is -0.0738. The van der Waals surface area contributed by atoms with Crippen molar-refractivity contribution in [2.75, 3.05) is 0 Å². The fraction of sp³-hybridized carbons (Fsp3) is 0.520. The first-order chi connectivity index (χ1) is 14.9. The molecule has 6 heteroatoms. The molecule has 5 rings (SSSR count). The summed E-state index contributed by atoms with van der Waals surface area (Å²) in [6.07, 6.45) is 7.98. The van der Waals surface area contributed by atoms with Gasteiger partial charge >= 0.3 is 0 Å². The maximum atomic E-state index is 13.9. The normalized spacial score (nSPS) is 31.6. The number of carbonyl (C=O) groups is 2. The van der Waals surface area contributed by atoms with E-state index in [1.165, 1.54) is 5.56 Å². The van der Waals surface area contributed by atoms with Gasteiger partial charge in [0, 0.05) is 30.6 Å². The van der Waals surface area contributed by atoms with Crippen LogP contribution in [0.5, 0.6) is 0 Å². The van der Waals surface area contributed by atoms with E-state index in [4.69, 9.17) is 0 Å². The molecule has 162 valence electrons. The number of benzene rings is 1. The highest BCUT2D eigenvalue weighted by molar-refractivity contribution is 5.93. The molecule has 0 radical (unpaired) electrons. The lowest BCUT2D eigenvalue weighted by molar-refractivity contribution is -0.133. The highest BCUT2D eigenvalue weighted by Crippen LogP contribution is 2.56. The van der Waals surface area contributed by atoms with E-state index in [0.29, 0.717) is 5.69 Å². The van der Waals surface area contributed by atoms with Crippen molar-refractivity contribution < 1.29 is 9.59 Å². The molecule has 3 heterocycles. The van der Waals surface area contributed by atoms with Gasteiger partial charge in [-0.25, -0.2) is 4.98 Å². The summed E-state index contributed by atoms with van der Waals surface area (Å²) in [5.74, 6) is 0.0715. The summed E-state index contributed by atoms with van der Waals surface area (Å²) in [6, 6.07) is 10.6. The summed E-state index contributed by atoms with van der Waals surface area (Å²) in [7, 11) is 0.